The molecular weight excluding hydrogens is 264 g/mol. The van der Waals surface area contributed by atoms with E-state index in [1.54, 1.807) is 7.11 Å². The maximum atomic E-state index is 12.5. The second-order valence-corrected chi connectivity index (χ2v) is 5.68. The average molecular weight is 290 g/mol. The summed E-state index contributed by atoms with van der Waals surface area (Å²) in [5.74, 6) is 0.851. The van der Waals surface area contributed by atoms with Crippen LogP contribution in [-0.2, 0) is 11.3 Å². The van der Waals surface area contributed by atoms with Gasteiger partial charge < -0.3 is 15.0 Å². The first kappa shape index (κ1) is 16.0. The van der Waals surface area contributed by atoms with Gasteiger partial charge in [-0.15, -0.1) is 0 Å². The Labute approximate surface area is 127 Å². The quantitative estimate of drug-likeness (QED) is 0.874. The van der Waals surface area contributed by atoms with E-state index in [1.807, 2.05) is 29.2 Å². The monoisotopic (exact) mass is 290 g/mol. The van der Waals surface area contributed by atoms with Gasteiger partial charge in [-0.2, -0.15) is 0 Å². The second kappa shape index (κ2) is 8.15. The SMILES string of the molecule is CCNCC1CCN(C(=O)c2cccc(COC)c2)CC1. The fraction of sp³-hybridized carbons (Fsp3) is 0.588. The number of carbonyl (C=O) groups is 1. The molecule has 21 heavy (non-hydrogen) atoms. The van der Waals surface area contributed by atoms with Gasteiger partial charge in [-0.25, -0.2) is 0 Å². The van der Waals surface area contributed by atoms with Crippen molar-refractivity contribution in [1.29, 1.82) is 0 Å². The summed E-state index contributed by atoms with van der Waals surface area (Å²) in [5, 5.41) is 3.40. The second-order valence-electron chi connectivity index (χ2n) is 5.68. The van der Waals surface area contributed by atoms with Gasteiger partial charge in [0.2, 0.25) is 0 Å². The molecule has 0 aromatic heterocycles. The molecule has 0 aliphatic carbocycles. The van der Waals surface area contributed by atoms with Gasteiger partial charge in [-0.1, -0.05) is 19.1 Å². The van der Waals surface area contributed by atoms with Gasteiger partial charge in [0.1, 0.15) is 0 Å². The van der Waals surface area contributed by atoms with E-state index >= 15 is 0 Å². The van der Waals surface area contributed by atoms with Crippen LogP contribution in [0.15, 0.2) is 24.3 Å². The molecule has 1 amide bonds. The molecule has 1 aromatic carbocycles. The molecule has 0 unspecified atom stereocenters. The van der Waals surface area contributed by atoms with Crippen molar-refractivity contribution in [3.8, 4) is 0 Å². The number of hydrogen-bond donors (Lipinski definition) is 1. The predicted molar refractivity (Wildman–Crippen MR) is 84.3 cm³/mol. The highest BCUT2D eigenvalue weighted by Crippen LogP contribution is 2.19. The molecule has 1 saturated heterocycles. The normalized spacial score (nSPS) is 16.2. The minimum Gasteiger partial charge on any atom is -0.380 e. The summed E-state index contributed by atoms with van der Waals surface area (Å²) in [7, 11) is 1.67. The summed E-state index contributed by atoms with van der Waals surface area (Å²) in [6, 6.07) is 7.76. The predicted octanol–water partition coefficient (Wildman–Crippen LogP) is 2.29. The number of ether oxygens (including phenoxy) is 1. The summed E-state index contributed by atoms with van der Waals surface area (Å²) in [4.78, 5) is 14.5. The van der Waals surface area contributed by atoms with Gasteiger partial charge in [0.05, 0.1) is 6.61 Å². The highest BCUT2D eigenvalue weighted by atomic mass is 16.5. The van der Waals surface area contributed by atoms with Gasteiger partial charge in [0, 0.05) is 25.8 Å². The number of nitrogens with zero attached hydrogens (tertiary/aromatic N) is 1. The molecule has 0 radical (unpaired) electrons. The zero-order chi connectivity index (χ0) is 15.1. The molecule has 1 aliphatic rings. The topological polar surface area (TPSA) is 41.6 Å². The highest BCUT2D eigenvalue weighted by molar-refractivity contribution is 5.94. The van der Waals surface area contributed by atoms with E-state index in [4.69, 9.17) is 4.74 Å². The molecule has 0 bridgehead atoms. The molecule has 4 heteroatoms. The largest absolute Gasteiger partial charge is 0.380 e. The Balaban J connectivity index is 1.91. The Bertz CT molecular complexity index is 454. The molecule has 4 nitrogen and oxygen atoms in total. The molecule has 0 saturated carbocycles. The molecule has 1 heterocycles. The van der Waals surface area contributed by atoms with Crippen LogP contribution in [0.1, 0.15) is 35.7 Å². The summed E-state index contributed by atoms with van der Waals surface area (Å²) in [6.07, 6.45) is 2.19. The number of hydrogen-bond acceptors (Lipinski definition) is 3. The molecule has 1 aliphatic heterocycles. The highest BCUT2D eigenvalue weighted by Gasteiger charge is 2.23. The molecule has 0 atom stereocenters. The minimum atomic E-state index is 0.148. The van der Waals surface area contributed by atoms with Crippen molar-refractivity contribution < 1.29 is 9.53 Å². The number of likely N-dealkylation sites (tertiary alicyclic amines) is 1. The fourth-order valence-corrected chi connectivity index (χ4v) is 2.83. The number of rotatable bonds is 6. The first-order valence-corrected chi connectivity index (χ1v) is 7.82. The third kappa shape index (κ3) is 4.55. The van der Waals surface area contributed by atoms with Gasteiger partial charge in [0.15, 0.2) is 0 Å². The lowest BCUT2D eigenvalue weighted by Crippen LogP contribution is -2.40. The third-order valence-corrected chi connectivity index (χ3v) is 4.07. The van der Waals surface area contributed by atoms with Crippen LogP contribution in [0.4, 0.5) is 0 Å². The standard InChI is InChI=1S/C17H26N2O2/c1-3-18-12-14-7-9-19(10-8-14)17(20)16-6-4-5-15(11-16)13-21-2/h4-6,11,14,18H,3,7-10,12-13H2,1-2H3. The Hall–Kier alpha value is -1.39. The minimum absolute atomic E-state index is 0.148. The maximum absolute atomic E-state index is 12.5. The molecule has 1 aromatic rings. The van der Waals surface area contributed by atoms with Crippen molar-refractivity contribution in [1.82, 2.24) is 10.2 Å². The average Bonchev–Trinajstić information content (AvgIpc) is 2.53. The summed E-state index contributed by atoms with van der Waals surface area (Å²) < 4.78 is 5.13. The lowest BCUT2D eigenvalue weighted by Gasteiger charge is -2.32. The van der Waals surface area contributed by atoms with E-state index in [0.717, 1.165) is 50.1 Å². The van der Waals surface area contributed by atoms with Crippen LogP contribution in [0, 0.1) is 5.92 Å². The van der Waals surface area contributed by atoms with Crippen LogP contribution in [0.3, 0.4) is 0 Å². The van der Waals surface area contributed by atoms with Crippen molar-refractivity contribution in [2.45, 2.75) is 26.4 Å². The molecule has 2 rings (SSSR count). The lowest BCUT2D eigenvalue weighted by atomic mass is 9.96. The van der Waals surface area contributed by atoms with E-state index in [9.17, 15) is 4.79 Å². The van der Waals surface area contributed by atoms with Crippen LogP contribution in [0.2, 0.25) is 0 Å². The summed E-state index contributed by atoms with van der Waals surface area (Å²) in [6.45, 7) is 6.50. The van der Waals surface area contributed by atoms with Crippen molar-refractivity contribution in [2.75, 3.05) is 33.3 Å². The zero-order valence-corrected chi connectivity index (χ0v) is 13.1. The number of carbonyl (C=O) groups excluding carboxylic acids is 1. The van der Waals surface area contributed by atoms with Crippen LogP contribution in [0.25, 0.3) is 0 Å². The van der Waals surface area contributed by atoms with Gasteiger partial charge in [-0.3, -0.25) is 4.79 Å². The van der Waals surface area contributed by atoms with E-state index in [-0.39, 0.29) is 5.91 Å². The number of methoxy groups -OCH3 is 1. The van der Waals surface area contributed by atoms with Gasteiger partial charge >= 0.3 is 0 Å². The van der Waals surface area contributed by atoms with Crippen molar-refractivity contribution in [3.05, 3.63) is 35.4 Å². The molecule has 1 N–H and O–H groups in total. The Morgan fingerprint density at radius 1 is 1.38 bits per heavy atom. The van der Waals surface area contributed by atoms with Crippen molar-refractivity contribution >= 4 is 5.91 Å². The van der Waals surface area contributed by atoms with Crippen LogP contribution in [0.5, 0.6) is 0 Å². The van der Waals surface area contributed by atoms with Gasteiger partial charge in [-0.05, 0) is 49.5 Å². The van der Waals surface area contributed by atoms with E-state index in [1.165, 1.54) is 0 Å². The van der Waals surface area contributed by atoms with Crippen molar-refractivity contribution in [2.24, 2.45) is 5.92 Å². The first-order chi connectivity index (χ1) is 10.2. The zero-order valence-electron chi connectivity index (χ0n) is 13.1. The van der Waals surface area contributed by atoms with E-state index < -0.39 is 0 Å². The first-order valence-electron chi connectivity index (χ1n) is 7.82. The molecule has 1 fully saturated rings. The number of amides is 1. The van der Waals surface area contributed by atoms with Crippen LogP contribution in [-0.4, -0.2) is 44.1 Å². The fourth-order valence-electron chi connectivity index (χ4n) is 2.83. The smallest absolute Gasteiger partial charge is 0.253 e. The number of nitrogens with one attached hydrogen (secondary N) is 1. The van der Waals surface area contributed by atoms with Crippen LogP contribution >= 0.6 is 0 Å². The summed E-state index contributed by atoms with van der Waals surface area (Å²) in [5.41, 5.74) is 1.82. The Morgan fingerprint density at radius 3 is 2.81 bits per heavy atom. The van der Waals surface area contributed by atoms with E-state index in [2.05, 4.69) is 12.2 Å². The van der Waals surface area contributed by atoms with E-state index in [0.29, 0.717) is 12.5 Å². The van der Waals surface area contributed by atoms with Crippen molar-refractivity contribution in [3.63, 3.8) is 0 Å². The Kier molecular flexibility index (Phi) is 6.21. The lowest BCUT2D eigenvalue weighted by molar-refractivity contribution is 0.0690. The molecular formula is C17H26N2O2. The number of benzene rings is 1. The number of piperidine rings is 1. The maximum Gasteiger partial charge on any atom is 0.253 e. The molecule has 0 spiro atoms. The molecule has 116 valence electrons. The Morgan fingerprint density at radius 2 is 2.14 bits per heavy atom. The van der Waals surface area contributed by atoms with Gasteiger partial charge in [0.25, 0.3) is 5.91 Å². The third-order valence-electron chi connectivity index (χ3n) is 4.07. The van der Waals surface area contributed by atoms with Crippen LogP contribution < -0.4 is 5.32 Å². The summed E-state index contributed by atoms with van der Waals surface area (Å²) >= 11 is 0.